The highest BCUT2D eigenvalue weighted by atomic mass is 15.1. The average molecular weight is 242 g/mol. The highest BCUT2D eigenvalue weighted by molar-refractivity contribution is 5.34. The first kappa shape index (κ1) is 13.1. The van der Waals surface area contributed by atoms with Crippen molar-refractivity contribution in [2.24, 2.45) is 0 Å². The van der Waals surface area contributed by atoms with Crippen LogP contribution in [0.1, 0.15) is 55.5 Å². The van der Waals surface area contributed by atoms with Crippen LogP contribution in [0.4, 0.5) is 0 Å². The Bertz CT molecular complexity index is 449. The Morgan fingerprint density at radius 1 is 1.33 bits per heavy atom. The van der Waals surface area contributed by atoms with E-state index in [4.69, 9.17) is 6.42 Å². The quantitative estimate of drug-likeness (QED) is 0.741. The summed E-state index contributed by atoms with van der Waals surface area (Å²) in [7, 11) is 2.18. The van der Waals surface area contributed by atoms with Gasteiger partial charge >= 0.3 is 0 Å². The molecule has 1 fully saturated rings. The molecule has 1 aliphatic rings. The van der Waals surface area contributed by atoms with Crippen LogP contribution in [0.5, 0.6) is 0 Å². The molecule has 1 saturated heterocycles. The van der Waals surface area contributed by atoms with Crippen molar-refractivity contribution in [3.8, 4) is 12.3 Å². The summed E-state index contributed by atoms with van der Waals surface area (Å²) in [5.74, 6) is 3.77. The molecule has 96 valence electrons. The fourth-order valence-electron chi connectivity index (χ4n) is 2.49. The maximum atomic E-state index is 5.52. The molecule has 2 heterocycles. The molecule has 0 aliphatic carbocycles. The first-order valence-corrected chi connectivity index (χ1v) is 6.77. The molecule has 2 rings (SSSR count). The molecule has 0 spiro atoms. The van der Waals surface area contributed by atoms with Gasteiger partial charge in [0.1, 0.15) is 5.69 Å². The highest BCUT2D eigenvalue weighted by Gasteiger charge is 2.20. The lowest BCUT2D eigenvalue weighted by Crippen LogP contribution is -2.29. The van der Waals surface area contributed by atoms with E-state index < -0.39 is 0 Å². The zero-order chi connectivity index (χ0) is 13.1. The number of piperidine rings is 1. The van der Waals surface area contributed by atoms with E-state index >= 15 is 0 Å². The number of hydrogen-bond acceptors (Lipinski definition) is 2. The zero-order valence-corrected chi connectivity index (χ0v) is 11.6. The number of pyridine rings is 1. The smallest absolute Gasteiger partial charge is 0.113 e. The van der Waals surface area contributed by atoms with Gasteiger partial charge < -0.3 is 4.90 Å². The lowest BCUT2D eigenvalue weighted by molar-refractivity contribution is 0.253. The second kappa shape index (κ2) is 5.54. The van der Waals surface area contributed by atoms with Crippen LogP contribution in [0, 0.1) is 12.3 Å². The molecule has 2 heteroatoms. The molecule has 0 bridgehead atoms. The highest BCUT2D eigenvalue weighted by Crippen LogP contribution is 2.28. The van der Waals surface area contributed by atoms with E-state index in [1.54, 1.807) is 0 Å². The topological polar surface area (TPSA) is 16.1 Å². The van der Waals surface area contributed by atoms with Crippen molar-refractivity contribution in [1.82, 2.24) is 9.88 Å². The van der Waals surface area contributed by atoms with E-state index in [1.165, 1.54) is 24.1 Å². The first-order chi connectivity index (χ1) is 8.60. The summed E-state index contributed by atoms with van der Waals surface area (Å²) in [5, 5.41) is 0. The number of terminal acetylenes is 1. The van der Waals surface area contributed by atoms with E-state index in [2.05, 4.69) is 42.8 Å². The predicted octanol–water partition coefficient (Wildman–Crippen LogP) is 3.00. The molecule has 0 N–H and O–H groups in total. The summed E-state index contributed by atoms with van der Waals surface area (Å²) in [6, 6.07) is 4.30. The third-order valence-corrected chi connectivity index (χ3v) is 3.82. The fourth-order valence-corrected chi connectivity index (χ4v) is 2.49. The maximum absolute atomic E-state index is 5.52. The zero-order valence-electron chi connectivity index (χ0n) is 11.6. The van der Waals surface area contributed by atoms with Crippen LogP contribution < -0.4 is 0 Å². The van der Waals surface area contributed by atoms with Gasteiger partial charge in [-0.15, -0.1) is 6.42 Å². The maximum Gasteiger partial charge on any atom is 0.113 e. The SMILES string of the molecule is C#Cc1cc(C(C)C)cc(C2CCN(C)CC2)n1. The summed E-state index contributed by atoms with van der Waals surface area (Å²) in [6.45, 7) is 6.72. The standard InChI is InChI=1S/C16H22N2/c1-5-15-10-14(12(2)3)11-16(17-15)13-6-8-18(4)9-7-13/h1,10-13H,6-9H2,2-4H3. The summed E-state index contributed by atoms with van der Waals surface area (Å²) in [6.07, 6.45) is 7.90. The van der Waals surface area contributed by atoms with E-state index in [0.717, 1.165) is 18.8 Å². The Morgan fingerprint density at radius 3 is 2.56 bits per heavy atom. The normalized spacial score (nSPS) is 17.9. The van der Waals surface area contributed by atoms with Crippen molar-refractivity contribution in [2.75, 3.05) is 20.1 Å². The van der Waals surface area contributed by atoms with E-state index in [9.17, 15) is 0 Å². The number of aromatic nitrogens is 1. The number of nitrogens with zero attached hydrogens (tertiary/aromatic N) is 2. The minimum atomic E-state index is 0.505. The van der Waals surface area contributed by atoms with Crippen LogP contribution in [0.25, 0.3) is 0 Å². The largest absolute Gasteiger partial charge is 0.306 e. The summed E-state index contributed by atoms with van der Waals surface area (Å²) >= 11 is 0. The molecule has 18 heavy (non-hydrogen) atoms. The molecule has 1 aliphatic heterocycles. The second-order valence-electron chi connectivity index (χ2n) is 5.59. The minimum absolute atomic E-state index is 0.505. The Kier molecular flexibility index (Phi) is 4.04. The van der Waals surface area contributed by atoms with Crippen molar-refractivity contribution in [1.29, 1.82) is 0 Å². The van der Waals surface area contributed by atoms with Crippen LogP contribution in [0.3, 0.4) is 0 Å². The molecule has 0 unspecified atom stereocenters. The van der Waals surface area contributed by atoms with Crippen LogP contribution in [0.2, 0.25) is 0 Å². The Morgan fingerprint density at radius 2 is 2.00 bits per heavy atom. The Balaban J connectivity index is 2.27. The molecule has 1 aromatic rings. The van der Waals surface area contributed by atoms with Crippen LogP contribution >= 0.6 is 0 Å². The van der Waals surface area contributed by atoms with Gasteiger partial charge in [0.15, 0.2) is 0 Å². The minimum Gasteiger partial charge on any atom is -0.306 e. The van der Waals surface area contributed by atoms with Gasteiger partial charge in [-0.05, 0) is 56.6 Å². The van der Waals surface area contributed by atoms with Crippen molar-refractivity contribution in [2.45, 2.75) is 38.5 Å². The van der Waals surface area contributed by atoms with Gasteiger partial charge in [0, 0.05) is 11.6 Å². The molecular formula is C16H22N2. The molecule has 0 saturated carbocycles. The molecule has 0 atom stereocenters. The van der Waals surface area contributed by atoms with Gasteiger partial charge in [0.2, 0.25) is 0 Å². The number of likely N-dealkylation sites (tertiary alicyclic amines) is 1. The molecule has 0 radical (unpaired) electrons. The molecule has 1 aromatic heterocycles. The first-order valence-electron chi connectivity index (χ1n) is 6.77. The van der Waals surface area contributed by atoms with Crippen molar-refractivity contribution in [3.63, 3.8) is 0 Å². The summed E-state index contributed by atoms with van der Waals surface area (Å²) < 4.78 is 0. The lowest BCUT2D eigenvalue weighted by Gasteiger charge is -2.29. The van der Waals surface area contributed by atoms with Crippen molar-refractivity contribution in [3.05, 3.63) is 29.1 Å². The lowest BCUT2D eigenvalue weighted by atomic mass is 9.91. The monoisotopic (exact) mass is 242 g/mol. The van der Waals surface area contributed by atoms with E-state index in [-0.39, 0.29) is 0 Å². The number of hydrogen-bond donors (Lipinski definition) is 0. The Hall–Kier alpha value is -1.33. The van der Waals surface area contributed by atoms with Gasteiger partial charge in [0.25, 0.3) is 0 Å². The van der Waals surface area contributed by atoms with Gasteiger partial charge in [-0.25, -0.2) is 4.98 Å². The summed E-state index contributed by atoms with van der Waals surface area (Å²) in [5.41, 5.74) is 3.30. The van der Waals surface area contributed by atoms with Gasteiger partial charge in [0.05, 0.1) is 0 Å². The van der Waals surface area contributed by atoms with Gasteiger partial charge in [-0.1, -0.05) is 19.8 Å². The number of rotatable bonds is 2. The van der Waals surface area contributed by atoms with Crippen LogP contribution in [-0.4, -0.2) is 30.0 Å². The fraction of sp³-hybridized carbons (Fsp3) is 0.562. The molecule has 0 aromatic carbocycles. The molecule has 0 amide bonds. The van der Waals surface area contributed by atoms with E-state index in [0.29, 0.717) is 11.8 Å². The van der Waals surface area contributed by atoms with Gasteiger partial charge in [-0.3, -0.25) is 0 Å². The molecule has 2 nitrogen and oxygen atoms in total. The van der Waals surface area contributed by atoms with Crippen molar-refractivity contribution >= 4 is 0 Å². The predicted molar refractivity (Wildman–Crippen MR) is 75.7 cm³/mol. The average Bonchev–Trinajstić information content (AvgIpc) is 2.39. The summed E-state index contributed by atoms with van der Waals surface area (Å²) in [4.78, 5) is 7.01. The third-order valence-electron chi connectivity index (χ3n) is 3.82. The van der Waals surface area contributed by atoms with E-state index in [1.807, 2.05) is 6.07 Å². The van der Waals surface area contributed by atoms with Crippen LogP contribution in [0.15, 0.2) is 12.1 Å². The third kappa shape index (κ3) is 2.91. The van der Waals surface area contributed by atoms with Gasteiger partial charge in [-0.2, -0.15) is 0 Å². The molecular weight excluding hydrogens is 220 g/mol. The Labute approximate surface area is 110 Å². The van der Waals surface area contributed by atoms with Crippen molar-refractivity contribution < 1.29 is 0 Å². The van der Waals surface area contributed by atoms with Crippen LogP contribution in [-0.2, 0) is 0 Å². The second-order valence-corrected chi connectivity index (χ2v) is 5.59.